The van der Waals surface area contributed by atoms with Crippen LogP contribution in [0.3, 0.4) is 0 Å². The molecule has 0 saturated carbocycles. The highest BCUT2D eigenvalue weighted by molar-refractivity contribution is 5.98. The van der Waals surface area contributed by atoms with Gasteiger partial charge in [-0.3, -0.25) is 4.98 Å². The van der Waals surface area contributed by atoms with Gasteiger partial charge in [-0.15, -0.1) is 0 Å². The minimum Gasteiger partial charge on any atom is -0.497 e. The minimum absolute atomic E-state index is 0.722. The number of fused-ring (bicyclic) bond motifs is 1. The van der Waals surface area contributed by atoms with Crippen LogP contribution in [0.4, 0.5) is 11.4 Å². The van der Waals surface area contributed by atoms with Gasteiger partial charge in [0.2, 0.25) is 0 Å². The van der Waals surface area contributed by atoms with Crippen LogP contribution in [0.1, 0.15) is 5.56 Å². The first-order valence-corrected chi connectivity index (χ1v) is 6.78. The Hall–Kier alpha value is -2.75. The first-order valence-electron chi connectivity index (χ1n) is 6.78. The summed E-state index contributed by atoms with van der Waals surface area (Å²) in [7, 11) is 1.67. The Bertz CT molecular complexity index is 754. The van der Waals surface area contributed by atoms with Crippen molar-refractivity contribution in [2.24, 2.45) is 0 Å². The van der Waals surface area contributed by atoms with E-state index in [1.165, 1.54) is 5.56 Å². The highest BCUT2D eigenvalue weighted by Gasteiger charge is 2.04. The van der Waals surface area contributed by atoms with Gasteiger partial charge in [0.1, 0.15) is 5.75 Å². The van der Waals surface area contributed by atoms with Crippen molar-refractivity contribution in [1.29, 1.82) is 0 Å². The lowest BCUT2D eigenvalue weighted by Gasteiger charge is -2.11. The topological polar surface area (TPSA) is 60.2 Å². The molecule has 1 aromatic heterocycles. The third-order valence-corrected chi connectivity index (χ3v) is 3.45. The molecule has 0 bridgehead atoms. The standard InChI is InChI=1S/C17H17N3O/c1-21-13-6-4-12(5-7-13)11-20-16-9-8-15(18)14-3-2-10-19-17(14)16/h2-10,20H,11,18H2,1H3. The second-order valence-electron chi connectivity index (χ2n) is 4.80. The maximum absolute atomic E-state index is 5.98. The number of hydrogen-bond donors (Lipinski definition) is 2. The third kappa shape index (κ3) is 2.74. The lowest BCUT2D eigenvalue weighted by molar-refractivity contribution is 0.414. The molecule has 0 unspecified atom stereocenters. The van der Waals surface area contributed by atoms with E-state index in [0.717, 1.165) is 34.6 Å². The molecule has 0 saturated heterocycles. The second-order valence-corrected chi connectivity index (χ2v) is 4.80. The van der Waals surface area contributed by atoms with Crippen LogP contribution in [0.5, 0.6) is 5.75 Å². The van der Waals surface area contributed by atoms with Crippen molar-refractivity contribution in [2.75, 3.05) is 18.2 Å². The number of benzene rings is 2. The molecule has 0 amide bonds. The van der Waals surface area contributed by atoms with E-state index >= 15 is 0 Å². The Kier molecular flexibility index (Phi) is 3.60. The van der Waals surface area contributed by atoms with Gasteiger partial charge in [0.25, 0.3) is 0 Å². The third-order valence-electron chi connectivity index (χ3n) is 3.45. The molecule has 0 radical (unpaired) electrons. The van der Waals surface area contributed by atoms with Crippen LogP contribution in [0.15, 0.2) is 54.7 Å². The van der Waals surface area contributed by atoms with Crippen LogP contribution in [0.25, 0.3) is 10.9 Å². The molecule has 106 valence electrons. The summed E-state index contributed by atoms with van der Waals surface area (Å²) in [4.78, 5) is 4.42. The average molecular weight is 279 g/mol. The number of nitrogens with two attached hydrogens (primary N) is 1. The average Bonchev–Trinajstić information content (AvgIpc) is 2.55. The summed E-state index contributed by atoms with van der Waals surface area (Å²) < 4.78 is 5.16. The number of pyridine rings is 1. The van der Waals surface area contributed by atoms with Crippen molar-refractivity contribution in [3.63, 3.8) is 0 Å². The Morgan fingerprint density at radius 3 is 2.67 bits per heavy atom. The van der Waals surface area contributed by atoms with Gasteiger partial charge in [0.15, 0.2) is 0 Å². The summed E-state index contributed by atoms with van der Waals surface area (Å²) in [6.45, 7) is 0.722. The summed E-state index contributed by atoms with van der Waals surface area (Å²) in [5.41, 5.74) is 9.78. The van der Waals surface area contributed by atoms with Crippen LogP contribution < -0.4 is 15.8 Å². The molecule has 3 aromatic rings. The first kappa shape index (κ1) is 13.2. The van der Waals surface area contributed by atoms with E-state index in [4.69, 9.17) is 10.5 Å². The molecular weight excluding hydrogens is 262 g/mol. The molecule has 0 aliphatic carbocycles. The lowest BCUT2D eigenvalue weighted by Crippen LogP contribution is -2.01. The summed E-state index contributed by atoms with van der Waals surface area (Å²) in [6.07, 6.45) is 1.78. The van der Waals surface area contributed by atoms with Gasteiger partial charge >= 0.3 is 0 Å². The maximum atomic E-state index is 5.98. The number of nitrogen functional groups attached to an aromatic ring is 1. The summed E-state index contributed by atoms with van der Waals surface area (Å²) in [5, 5.41) is 4.38. The number of aromatic nitrogens is 1. The molecule has 3 rings (SSSR count). The summed E-state index contributed by atoms with van der Waals surface area (Å²) >= 11 is 0. The van der Waals surface area contributed by atoms with E-state index in [9.17, 15) is 0 Å². The fourth-order valence-corrected chi connectivity index (χ4v) is 2.28. The molecule has 4 nitrogen and oxygen atoms in total. The van der Waals surface area contributed by atoms with Crippen LogP contribution >= 0.6 is 0 Å². The smallest absolute Gasteiger partial charge is 0.118 e. The molecular formula is C17H17N3O. The van der Waals surface area contributed by atoms with Crippen molar-refractivity contribution >= 4 is 22.3 Å². The van der Waals surface area contributed by atoms with E-state index in [0.29, 0.717) is 0 Å². The molecule has 0 fully saturated rings. The Morgan fingerprint density at radius 1 is 1.10 bits per heavy atom. The molecule has 0 aliphatic heterocycles. The molecule has 3 N–H and O–H groups in total. The number of anilines is 2. The number of ether oxygens (including phenoxy) is 1. The van der Waals surface area contributed by atoms with Gasteiger partial charge in [-0.05, 0) is 42.0 Å². The van der Waals surface area contributed by atoms with Crippen molar-refractivity contribution < 1.29 is 4.74 Å². The van der Waals surface area contributed by atoms with Crippen LogP contribution in [-0.2, 0) is 6.54 Å². The minimum atomic E-state index is 0.722. The van der Waals surface area contributed by atoms with E-state index < -0.39 is 0 Å². The molecule has 0 aliphatic rings. The predicted octanol–water partition coefficient (Wildman–Crippen LogP) is 3.44. The van der Waals surface area contributed by atoms with Gasteiger partial charge in [-0.25, -0.2) is 0 Å². The van der Waals surface area contributed by atoms with Crippen molar-refractivity contribution in [3.05, 3.63) is 60.3 Å². The SMILES string of the molecule is COc1ccc(CNc2ccc(N)c3cccnc23)cc1. The van der Waals surface area contributed by atoms with Crippen molar-refractivity contribution in [1.82, 2.24) is 4.98 Å². The van der Waals surface area contributed by atoms with E-state index in [1.807, 2.05) is 48.5 Å². The number of nitrogens with one attached hydrogen (secondary N) is 1. The molecule has 21 heavy (non-hydrogen) atoms. The Morgan fingerprint density at radius 2 is 1.90 bits per heavy atom. The highest BCUT2D eigenvalue weighted by atomic mass is 16.5. The van der Waals surface area contributed by atoms with Gasteiger partial charge in [-0.1, -0.05) is 12.1 Å². The van der Waals surface area contributed by atoms with Crippen molar-refractivity contribution in [3.8, 4) is 5.75 Å². The number of rotatable bonds is 4. The van der Waals surface area contributed by atoms with Crippen LogP contribution in [0, 0.1) is 0 Å². The molecule has 1 heterocycles. The fourth-order valence-electron chi connectivity index (χ4n) is 2.28. The van der Waals surface area contributed by atoms with Gasteiger partial charge < -0.3 is 15.8 Å². The zero-order valence-electron chi connectivity index (χ0n) is 11.8. The van der Waals surface area contributed by atoms with Gasteiger partial charge in [-0.2, -0.15) is 0 Å². The highest BCUT2D eigenvalue weighted by Crippen LogP contribution is 2.26. The zero-order valence-corrected chi connectivity index (χ0v) is 11.8. The first-order chi connectivity index (χ1) is 10.3. The Labute approximate surface area is 123 Å². The molecule has 0 atom stereocenters. The predicted molar refractivity (Wildman–Crippen MR) is 86.5 cm³/mol. The van der Waals surface area contributed by atoms with E-state index in [2.05, 4.69) is 10.3 Å². The van der Waals surface area contributed by atoms with Crippen LogP contribution in [0.2, 0.25) is 0 Å². The largest absolute Gasteiger partial charge is 0.497 e. The van der Waals surface area contributed by atoms with Gasteiger partial charge in [0.05, 0.1) is 18.3 Å². The lowest BCUT2D eigenvalue weighted by atomic mass is 10.1. The monoisotopic (exact) mass is 279 g/mol. The summed E-state index contributed by atoms with van der Waals surface area (Å²) in [6, 6.07) is 15.7. The number of nitrogens with zero attached hydrogens (tertiary/aromatic N) is 1. The van der Waals surface area contributed by atoms with Gasteiger partial charge in [0, 0.05) is 23.8 Å². The second kappa shape index (κ2) is 5.71. The number of hydrogen-bond acceptors (Lipinski definition) is 4. The molecule has 0 spiro atoms. The van der Waals surface area contributed by atoms with E-state index in [1.54, 1.807) is 13.3 Å². The molecule has 4 heteroatoms. The van der Waals surface area contributed by atoms with E-state index in [-0.39, 0.29) is 0 Å². The quantitative estimate of drug-likeness (QED) is 0.718. The van der Waals surface area contributed by atoms with Crippen LogP contribution in [-0.4, -0.2) is 12.1 Å². The summed E-state index contributed by atoms with van der Waals surface area (Å²) in [5.74, 6) is 0.860. The molecule has 2 aromatic carbocycles. The zero-order chi connectivity index (χ0) is 14.7. The van der Waals surface area contributed by atoms with Crippen molar-refractivity contribution in [2.45, 2.75) is 6.54 Å². The Balaban J connectivity index is 1.83. The fraction of sp³-hybridized carbons (Fsp3) is 0.118. The normalized spacial score (nSPS) is 10.5. The maximum Gasteiger partial charge on any atom is 0.118 e. The number of methoxy groups -OCH3 is 1.